The minimum absolute atomic E-state index is 0.00826. The van der Waals surface area contributed by atoms with Crippen molar-refractivity contribution in [3.05, 3.63) is 21.9 Å². The molecule has 2 rings (SSSR count). The van der Waals surface area contributed by atoms with E-state index in [-0.39, 0.29) is 11.9 Å². The minimum atomic E-state index is -0.118. The van der Waals surface area contributed by atoms with Gasteiger partial charge >= 0.3 is 5.97 Å². The molecule has 1 unspecified atom stereocenters. The molecule has 1 aromatic rings. The van der Waals surface area contributed by atoms with Crippen LogP contribution in [0.15, 0.2) is 18.3 Å². The summed E-state index contributed by atoms with van der Waals surface area (Å²) in [5.41, 5.74) is 0. The number of rotatable bonds is 2. The number of hydrogen-bond acceptors (Lipinski definition) is 4. The number of nitrogens with zero attached hydrogens (tertiary/aromatic N) is 2. The molecule has 0 N–H and O–H groups in total. The molecule has 1 aromatic heterocycles. The maximum atomic E-state index is 11.4. The third kappa shape index (κ3) is 2.45. The van der Waals surface area contributed by atoms with Gasteiger partial charge < -0.3 is 9.64 Å². The molecular weight excluding hydrogens is 319 g/mol. The normalized spacial score (nSPS) is 19.9. The van der Waals surface area contributed by atoms with Gasteiger partial charge in [0, 0.05) is 22.9 Å². The van der Waals surface area contributed by atoms with Crippen molar-refractivity contribution in [1.82, 2.24) is 4.98 Å². The van der Waals surface area contributed by atoms with Crippen LogP contribution in [0.2, 0.25) is 0 Å². The van der Waals surface area contributed by atoms with Gasteiger partial charge in [-0.3, -0.25) is 4.79 Å². The molecule has 0 saturated carbocycles. The van der Waals surface area contributed by atoms with Crippen LogP contribution in [0, 0.1) is 9.49 Å². The molecule has 16 heavy (non-hydrogen) atoms. The highest BCUT2D eigenvalue weighted by molar-refractivity contribution is 14.1. The summed E-state index contributed by atoms with van der Waals surface area (Å²) in [5.74, 6) is 0.811. The predicted octanol–water partition coefficient (Wildman–Crippen LogP) is 1.69. The first-order chi connectivity index (χ1) is 7.70. The van der Waals surface area contributed by atoms with Gasteiger partial charge in [-0.15, -0.1) is 0 Å². The largest absolute Gasteiger partial charge is 0.469 e. The summed E-state index contributed by atoms with van der Waals surface area (Å²) < 4.78 is 5.87. The van der Waals surface area contributed by atoms with Crippen LogP contribution in [-0.4, -0.2) is 31.2 Å². The van der Waals surface area contributed by atoms with Gasteiger partial charge in [0.25, 0.3) is 0 Å². The average molecular weight is 332 g/mol. The maximum Gasteiger partial charge on any atom is 0.310 e. The monoisotopic (exact) mass is 332 g/mol. The van der Waals surface area contributed by atoms with Gasteiger partial charge in [0.15, 0.2) is 0 Å². The Morgan fingerprint density at radius 3 is 3.06 bits per heavy atom. The van der Waals surface area contributed by atoms with Crippen molar-refractivity contribution in [2.45, 2.75) is 6.42 Å². The Kier molecular flexibility index (Phi) is 3.63. The summed E-state index contributed by atoms with van der Waals surface area (Å²) in [4.78, 5) is 17.8. The Balaban J connectivity index is 2.03. The fourth-order valence-electron chi connectivity index (χ4n) is 1.88. The molecule has 1 aliphatic heterocycles. The number of carbonyl (C=O) groups is 1. The zero-order valence-electron chi connectivity index (χ0n) is 9.02. The van der Waals surface area contributed by atoms with Crippen LogP contribution >= 0.6 is 22.6 Å². The number of hydrogen-bond donors (Lipinski definition) is 0. The van der Waals surface area contributed by atoms with E-state index in [1.165, 1.54) is 7.11 Å². The number of methoxy groups -OCH3 is 1. The zero-order valence-corrected chi connectivity index (χ0v) is 11.2. The predicted molar refractivity (Wildman–Crippen MR) is 69.3 cm³/mol. The summed E-state index contributed by atoms with van der Waals surface area (Å²) in [7, 11) is 1.44. The van der Waals surface area contributed by atoms with Gasteiger partial charge in [-0.2, -0.15) is 0 Å². The van der Waals surface area contributed by atoms with Crippen molar-refractivity contribution in [2.24, 2.45) is 5.92 Å². The fraction of sp³-hybridized carbons (Fsp3) is 0.455. The second-order valence-corrected chi connectivity index (χ2v) is 5.04. The number of anilines is 1. The highest BCUT2D eigenvalue weighted by Crippen LogP contribution is 2.23. The Bertz CT molecular complexity index is 380. The van der Waals surface area contributed by atoms with Crippen molar-refractivity contribution in [2.75, 3.05) is 25.1 Å². The molecule has 0 aliphatic carbocycles. The maximum absolute atomic E-state index is 11.4. The third-order valence-electron chi connectivity index (χ3n) is 2.76. The van der Waals surface area contributed by atoms with Gasteiger partial charge in [-0.25, -0.2) is 4.98 Å². The molecule has 0 amide bonds. The van der Waals surface area contributed by atoms with Crippen molar-refractivity contribution >= 4 is 34.4 Å². The molecular formula is C11H13IN2O2. The lowest BCUT2D eigenvalue weighted by Gasteiger charge is -2.16. The van der Waals surface area contributed by atoms with Crippen molar-refractivity contribution in [3.8, 4) is 0 Å². The number of carbonyl (C=O) groups excluding carboxylic acids is 1. The summed E-state index contributed by atoms with van der Waals surface area (Å²) in [6.45, 7) is 1.58. The van der Waals surface area contributed by atoms with E-state index >= 15 is 0 Å². The topological polar surface area (TPSA) is 42.4 Å². The summed E-state index contributed by atoms with van der Waals surface area (Å²) in [6.07, 6.45) is 2.68. The first kappa shape index (κ1) is 11.6. The highest BCUT2D eigenvalue weighted by atomic mass is 127. The van der Waals surface area contributed by atoms with E-state index in [2.05, 4.69) is 32.5 Å². The minimum Gasteiger partial charge on any atom is -0.469 e. The molecule has 1 fully saturated rings. The lowest BCUT2D eigenvalue weighted by atomic mass is 10.1. The van der Waals surface area contributed by atoms with Crippen LogP contribution < -0.4 is 4.90 Å². The van der Waals surface area contributed by atoms with Crippen LogP contribution in [-0.2, 0) is 9.53 Å². The summed E-state index contributed by atoms with van der Waals surface area (Å²) in [6, 6.07) is 4.01. The average Bonchev–Trinajstić information content (AvgIpc) is 2.78. The zero-order chi connectivity index (χ0) is 11.5. The lowest BCUT2D eigenvalue weighted by molar-refractivity contribution is -0.144. The van der Waals surface area contributed by atoms with Crippen LogP contribution in [0.1, 0.15) is 6.42 Å². The number of esters is 1. The standard InChI is InChI=1S/C11H13IN2O2/c1-16-11(15)8-4-5-14(7-8)10-3-2-9(12)6-13-10/h2-3,6,8H,4-5,7H2,1H3. The molecule has 86 valence electrons. The molecule has 1 saturated heterocycles. The Morgan fingerprint density at radius 1 is 1.62 bits per heavy atom. The fourth-order valence-corrected chi connectivity index (χ4v) is 2.20. The Morgan fingerprint density at radius 2 is 2.44 bits per heavy atom. The van der Waals surface area contributed by atoms with Gasteiger partial charge in [-0.05, 0) is 41.1 Å². The third-order valence-corrected chi connectivity index (χ3v) is 3.40. The van der Waals surface area contributed by atoms with Crippen molar-refractivity contribution < 1.29 is 9.53 Å². The SMILES string of the molecule is COC(=O)C1CCN(c2ccc(I)cn2)C1. The molecule has 2 heterocycles. The molecule has 0 spiro atoms. The smallest absolute Gasteiger partial charge is 0.310 e. The van der Waals surface area contributed by atoms with Crippen molar-refractivity contribution in [3.63, 3.8) is 0 Å². The molecule has 0 bridgehead atoms. The summed E-state index contributed by atoms with van der Waals surface area (Å²) >= 11 is 2.23. The van der Waals surface area contributed by atoms with Crippen LogP contribution in [0.25, 0.3) is 0 Å². The second-order valence-electron chi connectivity index (χ2n) is 3.79. The van der Waals surface area contributed by atoms with Crippen LogP contribution in [0.5, 0.6) is 0 Å². The van der Waals surface area contributed by atoms with E-state index < -0.39 is 0 Å². The van der Waals surface area contributed by atoms with Crippen LogP contribution in [0.4, 0.5) is 5.82 Å². The van der Waals surface area contributed by atoms with Gasteiger partial charge in [-0.1, -0.05) is 0 Å². The van der Waals surface area contributed by atoms with Crippen molar-refractivity contribution in [1.29, 1.82) is 0 Å². The second kappa shape index (κ2) is 4.99. The molecule has 0 radical (unpaired) electrons. The first-order valence-electron chi connectivity index (χ1n) is 5.15. The van der Waals surface area contributed by atoms with E-state index in [1.54, 1.807) is 0 Å². The highest BCUT2D eigenvalue weighted by Gasteiger charge is 2.29. The molecule has 1 atom stereocenters. The number of aromatic nitrogens is 1. The molecule has 0 aromatic carbocycles. The first-order valence-corrected chi connectivity index (χ1v) is 6.23. The van der Waals surface area contributed by atoms with E-state index in [1.807, 2.05) is 18.3 Å². The number of halogens is 1. The van der Waals surface area contributed by atoms with Gasteiger partial charge in [0.05, 0.1) is 13.0 Å². The quantitative estimate of drug-likeness (QED) is 0.611. The van der Waals surface area contributed by atoms with Crippen LogP contribution in [0.3, 0.4) is 0 Å². The number of ether oxygens (including phenoxy) is 1. The van der Waals surface area contributed by atoms with E-state index in [0.717, 1.165) is 22.4 Å². The molecule has 4 nitrogen and oxygen atoms in total. The van der Waals surface area contributed by atoms with Gasteiger partial charge in [0.1, 0.15) is 5.82 Å². The van der Waals surface area contributed by atoms with E-state index in [4.69, 9.17) is 4.74 Å². The van der Waals surface area contributed by atoms with E-state index in [9.17, 15) is 4.79 Å². The van der Waals surface area contributed by atoms with E-state index in [0.29, 0.717) is 6.54 Å². The Labute approximate surface area is 108 Å². The summed E-state index contributed by atoms with van der Waals surface area (Å²) in [5, 5.41) is 0. The molecule has 1 aliphatic rings. The van der Waals surface area contributed by atoms with Gasteiger partial charge in [0.2, 0.25) is 0 Å². The molecule has 5 heteroatoms. The number of pyridine rings is 1. The lowest BCUT2D eigenvalue weighted by Crippen LogP contribution is -2.24. The Hall–Kier alpha value is -0.850.